The maximum absolute atomic E-state index is 11.0. The van der Waals surface area contributed by atoms with Gasteiger partial charge in [-0.25, -0.2) is 0 Å². The van der Waals surface area contributed by atoms with Crippen molar-refractivity contribution in [1.29, 1.82) is 0 Å². The fourth-order valence-corrected chi connectivity index (χ4v) is 2.90. The predicted molar refractivity (Wildman–Crippen MR) is 99.7 cm³/mol. The highest BCUT2D eigenvalue weighted by Gasteiger charge is 2.12. The highest BCUT2D eigenvalue weighted by Crippen LogP contribution is 2.29. The molecule has 0 N–H and O–H groups in total. The smallest absolute Gasteiger partial charge is 0.151 e. The minimum Gasteiger partial charge on any atom is -0.488 e. The molecule has 0 aliphatic carbocycles. The molecular weight excluding hydrogens is 382 g/mol. The van der Waals surface area contributed by atoms with E-state index in [9.17, 15) is 4.79 Å². The lowest BCUT2D eigenvalue weighted by molar-refractivity contribution is 0.112. The van der Waals surface area contributed by atoms with Crippen molar-refractivity contribution in [3.8, 4) is 17.1 Å². The summed E-state index contributed by atoms with van der Waals surface area (Å²) in [6.45, 7) is 4.49. The summed E-state index contributed by atoms with van der Waals surface area (Å²) in [6.07, 6.45) is 4.49. The molecule has 0 aliphatic heterocycles. The lowest BCUT2D eigenvalue weighted by Gasteiger charge is -2.11. The Morgan fingerprint density at radius 3 is 2.80 bits per heavy atom. The molecule has 0 atom stereocenters. The molecule has 2 heterocycles. The number of rotatable bonds is 6. The summed E-state index contributed by atoms with van der Waals surface area (Å²) in [5.74, 6) is 0.618. The molecule has 3 rings (SSSR count). The number of nitrogens with zero attached hydrogens (tertiary/aromatic N) is 3. The Balaban J connectivity index is 1.85. The summed E-state index contributed by atoms with van der Waals surface area (Å²) in [4.78, 5) is 15.5. The highest BCUT2D eigenvalue weighted by molar-refractivity contribution is 9.10. The number of ether oxygens (including phenoxy) is 1. The van der Waals surface area contributed by atoms with Gasteiger partial charge in [-0.2, -0.15) is 5.10 Å². The number of aromatic nitrogens is 3. The molecule has 0 spiro atoms. The van der Waals surface area contributed by atoms with Gasteiger partial charge in [-0.05, 0) is 48.0 Å². The number of carbonyl (C=O) groups is 1. The van der Waals surface area contributed by atoms with Crippen LogP contribution in [0.4, 0.5) is 0 Å². The first-order valence-electron chi connectivity index (χ1n) is 7.96. The second kappa shape index (κ2) is 7.61. The zero-order chi connectivity index (χ0) is 17.8. The van der Waals surface area contributed by atoms with Crippen LogP contribution in [0.2, 0.25) is 0 Å². The zero-order valence-corrected chi connectivity index (χ0v) is 15.6. The molecule has 0 aliphatic rings. The van der Waals surface area contributed by atoms with E-state index in [1.165, 1.54) is 0 Å². The fourth-order valence-electron chi connectivity index (χ4n) is 2.42. The molecule has 0 amide bonds. The third kappa shape index (κ3) is 3.79. The predicted octanol–water partition coefficient (Wildman–Crippen LogP) is 4.68. The third-order valence-corrected chi connectivity index (χ3v) is 4.62. The summed E-state index contributed by atoms with van der Waals surface area (Å²) in [5, 5.41) is 4.58. The first-order valence-corrected chi connectivity index (χ1v) is 8.75. The Labute approximate surface area is 154 Å². The second-order valence-corrected chi connectivity index (χ2v) is 6.64. The van der Waals surface area contributed by atoms with Crippen molar-refractivity contribution in [3.05, 3.63) is 64.4 Å². The first-order chi connectivity index (χ1) is 12.1. The van der Waals surface area contributed by atoms with Crippen LogP contribution in [0.15, 0.2) is 53.3 Å². The number of aldehydes is 1. The van der Waals surface area contributed by atoms with Crippen molar-refractivity contribution < 1.29 is 9.53 Å². The van der Waals surface area contributed by atoms with Gasteiger partial charge in [0.15, 0.2) is 6.29 Å². The normalized spacial score (nSPS) is 10.9. The van der Waals surface area contributed by atoms with Gasteiger partial charge in [-0.15, -0.1) is 0 Å². The van der Waals surface area contributed by atoms with E-state index in [-0.39, 0.29) is 0 Å². The maximum Gasteiger partial charge on any atom is 0.151 e. The standard InChI is InChI=1S/C19H18BrN3O2/c1-13(2)23-10-8-16(22-23)19-15(6-4-9-21-19)12-25-17-7-3-5-14(11-24)18(17)20/h3-11,13H,12H2,1-2H3. The summed E-state index contributed by atoms with van der Waals surface area (Å²) in [5.41, 5.74) is 3.10. The van der Waals surface area contributed by atoms with Gasteiger partial charge >= 0.3 is 0 Å². The molecule has 0 bridgehead atoms. The van der Waals surface area contributed by atoms with Crippen LogP contribution >= 0.6 is 15.9 Å². The van der Waals surface area contributed by atoms with E-state index in [2.05, 4.69) is 39.9 Å². The van der Waals surface area contributed by atoms with E-state index in [0.29, 0.717) is 28.4 Å². The van der Waals surface area contributed by atoms with E-state index in [1.807, 2.05) is 35.1 Å². The Morgan fingerprint density at radius 2 is 2.08 bits per heavy atom. The van der Waals surface area contributed by atoms with Crippen LogP contribution in [0.5, 0.6) is 5.75 Å². The molecule has 0 saturated heterocycles. The molecule has 128 valence electrons. The molecular formula is C19H18BrN3O2. The molecule has 0 radical (unpaired) electrons. The summed E-state index contributed by atoms with van der Waals surface area (Å²) in [6, 6.07) is 11.4. The molecule has 0 saturated carbocycles. The van der Waals surface area contributed by atoms with Gasteiger partial charge in [0.25, 0.3) is 0 Å². The van der Waals surface area contributed by atoms with Crippen LogP contribution in [-0.2, 0) is 6.61 Å². The average Bonchev–Trinajstić information content (AvgIpc) is 3.11. The lowest BCUT2D eigenvalue weighted by Crippen LogP contribution is -2.03. The maximum atomic E-state index is 11.0. The van der Waals surface area contributed by atoms with Crippen molar-refractivity contribution in [2.75, 3.05) is 0 Å². The highest BCUT2D eigenvalue weighted by atomic mass is 79.9. The van der Waals surface area contributed by atoms with Crippen LogP contribution < -0.4 is 4.74 Å². The summed E-state index contributed by atoms with van der Waals surface area (Å²) < 4.78 is 8.46. The van der Waals surface area contributed by atoms with Crippen LogP contribution in [-0.4, -0.2) is 21.1 Å². The minimum absolute atomic E-state index is 0.291. The fraction of sp³-hybridized carbons (Fsp3) is 0.211. The number of benzene rings is 1. The number of hydrogen-bond donors (Lipinski definition) is 0. The number of halogens is 1. The van der Waals surface area contributed by atoms with Crippen LogP contribution in [0.3, 0.4) is 0 Å². The molecule has 3 aromatic rings. The Bertz CT molecular complexity index is 890. The summed E-state index contributed by atoms with van der Waals surface area (Å²) in [7, 11) is 0. The van der Waals surface area contributed by atoms with Crippen molar-refractivity contribution in [1.82, 2.24) is 14.8 Å². The molecule has 0 fully saturated rings. The zero-order valence-electron chi connectivity index (χ0n) is 14.0. The SMILES string of the molecule is CC(C)n1ccc(-c2ncccc2COc2cccc(C=O)c2Br)n1. The van der Waals surface area contributed by atoms with Crippen molar-refractivity contribution in [3.63, 3.8) is 0 Å². The van der Waals surface area contributed by atoms with Crippen LogP contribution in [0.25, 0.3) is 11.4 Å². The number of carbonyl (C=O) groups excluding carboxylic acids is 1. The molecule has 5 nitrogen and oxygen atoms in total. The Hall–Kier alpha value is -2.47. The van der Waals surface area contributed by atoms with Gasteiger partial charge < -0.3 is 4.74 Å². The largest absolute Gasteiger partial charge is 0.488 e. The van der Waals surface area contributed by atoms with Crippen molar-refractivity contribution in [2.45, 2.75) is 26.5 Å². The molecule has 0 unspecified atom stereocenters. The minimum atomic E-state index is 0.291. The second-order valence-electron chi connectivity index (χ2n) is 5.85. The first kappa shape index (κ1) is 17.4. The van der Waals surface area contributed by atoms with Gasteiger partial charge in [-0.1, -0.05) is 18.2 Å². The van der Waals surface area contributed by atoms with E-state index >= 15 is 0 Å². The lowest BCUT2D eigenvalue weighted by atomic mass is 10.1. The van der Waals surface area contributed by atoms with Gasteiger partial charge in [0.05, 0.1) is 10.2 Å². The monoisotopic (exact) mass is 399 g/mol. The third-order valence-electron chi connectivity index (χ3n) is 3.77. The summed E-state index contributed by atoms with van der Waals surface area (Å²) >= 11 is 3.41. The van der Waals surface area contributed by atoms with Gasteiger partial charge in [0.2, 0.25) is 0 Å². The molecule has 2 aromatic heterocycles. The van der Waals surface area contributed by atoms with E-state index in [4.69, 9.17) is 4.74 Å². The number of hydrogen-bond acceptors (Lipinski definition) is 4. The van der Waals surface area contributed by atoms with Crippen LogP contribution in [0.1, 0.15) is 35.8 Å². The Morgan fingerprint density at radius 1 is 1.24 bits per heavy atom. The quantitative estimate of drug-likeness (QED) is 0.564. The van der Waals surface area contributed by atoms with E-state index in [0.717, 1.165) is 23.2 Å². The van der Waals surface area contributed by atoms with Gasteiger partial charge in [0, 0.05) is 29.6 Å². The van der Waals surface area contributed by atoms with E-state index < -0.39 is 0 Å². The van der Waals surface area contributed by atoms with Crippen molar-refractivity contribution >= 4 is 22.2 Å². The topological polar surface area (TPSA) is 57.0 Å². The molecule has 1 aromatic carbocycles. The van der Waals surface area contributed by atoms with E-state index in [1.54, 1.807) is 18.3 Å². The average molecular weight is 400 g/mol. The molecule has 6 heteroatoms. The van der Waals surface area contributed by atoms with Crippen LogP contribution in [0, 0.1) is 0 Å². The number of pyridine rings is 1. The van der Waals surface area contributed by atoms with Crippen molar-refractivity contribution in [2.24, 2.45) is 0 Å². The van der Waals surface area contributed by atoms with Gasteiger partial charge in [-0.3, -0.25) is 14.5 Å². The molecule has 25 heavy (non-hydrogen) atoms. The van der Waals surface area contributed by atoms with Gasteiger partial charge in [0.1, 0.15) is 18.1 Å². The Kier molecular flexibility index (Phi) is 5.28.